The smallest absolute Gasteiger partial charge is 0.307 e. The van der Waals surface area contributed by atoms with E-state index in [-0.39, 0.29) is 17.2 Å². The number of carboxylic acids is 1. The molecule has 2 aromatic rings. The number of hydrogen-bond donors (Lipinski definition) is 1. The third-order valence-electron chi connectivity index (χ3n) is 5.62. The van der Waals surface area contributed by atoms with Gasteiger partial charge in [0.05, 0.1) is 23.4 Å². The van der Waals surface area contributed by atoms with Crippen molar-refractivity contribution in [2.75, 3.05) is 13.1 Å². The average Bonchev–Trinajstić information content (AvgIpc) is 3.05. The second kappa shape index (κ2) is 5.72. The van der Waals surface area contributed by atoms with Crippen LogP contribution in [0.25, 0.3) is 11.5 Å². The van der Waals surface area contributed by atoms with Gasteiger partial charge in [0.1, 0.15) is 5.69 Å². The lowest BCUT2D eigenvalue weighted by Crippen LogP contribution is -2.40. The Kier molecular flexibility index (Phi) is 3.63. The van der Waals surface area contributed by atoms with Crippen molar-refractivity contribution in [3.63, 3.8) is 0 Å². The Hall–Kier alpha value is -2.63. The standard InChI is InChI=1S/C19H20N2O4/c1-12-13(4-5-15(20-12)16-3-2-10-25-16)17(22)21-8-6-19(7-9-21)11-14(19)18(23)24/h2-5,10,14H,6-9,11H2,1H3,(H,23,24). The SMILES string of the molecule is Cc1nc(-c2ccco2)ccc1C(=O)N1CCC2(CC1)CC2C(=O)O. The van der Waals surface area contributed by atoms with Crippen molar-refractivity contribution in [3.05, 3.63) is 41.8 Å². The van der Waals surface area contributed by atoms with Crippen LogP contribution in [0.3, 0.4) is 0 Å². The minimum absolute atomic E-state index is 0.0293. The van der Waals surface area contributed by atoms with E-state index in [1.165, 1.54) is 0 Å². The lowest BCUT2D eigenvalue weighted by atomic mass is 9.90. The fraction of sp³-hybridized carbons (Fsp3) is 0.421. The van der Waals surface area contributed by atoms with Gasteiger partial charge in [0.2, 0.25) is 0 Å². The Morgan fingerprint density at radius 3 is 2.60 bits per heavy atom. The largest absolute Gasteiger partial charge is 0.481 e. The van der Waals surface area contributed by atoms with Gasteiger partial charge in [0.25, 0.3) is 5.91 Å². The van der Waals surface area contributed by atoms with Gasteiger partial charge in [-0.05, 0) is 55.9 Å². The number of aromatic nitrogens is 1. The van der Waals surface area contributed by atoms with E-state index < -0.39 is 5.97 Å². The van der Waals surface area contributed by atoms with E-state index >= 15 is 0 Å². The summed E-state index contributed by atoms with van der Waals surface area (Å²) in [6.45, 7) is 3.05. The maximum Gasteiger partial charge on any atom is 0.307 e. The van der Waals surface area contributed by atoms with Gasteiger partial charge in [-0.3, -0.25) is 9.59 Å². The van der Waals surface area contributed by atoms with Crippen LogP contribution in [0.2, 0.25) is 0 Å². The molecular formula is C19H20N2O4. The first-order valence-corrected chi connectivity index (χ1v) is 8.54. The Bertz CT molecular complexity index is 820. The molecule has 1 aliphatic heterocycles. The zero-order valence-electron chi connectivity index (χ0n) is 14.1. The van der Waals surface area contributed by atoms with Crippen LogP contribution in [0, 0.1) is 18.3 Å². The van der Waals surface area contributed by atoms with Crippen LogP contribution < -0.4 is 0 Å². The molecule has 1 spiro atoms. The third kappa shape index (κ3) is 2.71. The van der Waals surface area contributed by atoms with Crippen LogP contribution in [0.5, 0.6) is 0 Å². The van der Waals surface area contributed by atoms with E-state index in [4.69, 9.17) is 9.52 Å². The monoisotopic (exact) mass is 340 g/mol. The molecule has 2 fully saturated rings. The second-order valence-electron chi connectivity index (χ2n) is 7.06. The minimum atomic E-state index is -0.701. The Labute approximate surface area is 145 Å². The van der Waals surface area contributed by atoms with Crippen LogP contribution in [-0.2, 0) is 4.79 Å². The van der Waals surface area contributed by atoms with Gasteiger partial charge in [0, 0.05) is 13.1 Å². The van der Waals surface area contributed by atoms with E-state index in [0.717, 1.165) is 19.3 Å². The second-order valence-corrected chi connectivity index (χ2v) is 7.06. The zero-order chi connectivity index (χ0) is 17.6. The van der Waals surface area contributed by atoms with Crippen molar-refractivity contribution in [2.45, 2.75) is 26.2 Å². The predicted molar refractivity (Wildman–Crippen MR) is 90.0 cm³/mol. The zero-order valence-corrected chi connectivity index (χ0v) is 14.1. The Balaban J connectivity index is 1.46. The topological polar surface area (TPSA) is 83.6 Å². The average molecular weight is 340 g/mol. The van der Waals surface area contributed by atoms with Gasteiger partial charge in [-0.2, -0.15) is 0 Å². The molecule has 130 valence electrons. The predicted octanol–water partition coefficient (Wildman–Crippen LogP) is 2.98. The molecular weight excluding hydrogens is 320 g/mol. The molecule has 1 saturated carbocycles. The Morgan fingerprint density at radius 2 is 2.04 bits per heavy atom. The Morgan fingerprint density at radius 1 is 1.28 bits per heavy atom. The molecule has 25 heavy (non-hydrogen) atoms. The summed E-state index contributed by atoms with van der Waals surface area (Å²) in [5.74, 6) is -0.275. The molecule has 2 aromatic heterocycles. The molecule has 1 N–H and O–H groups in total. The maximum absolute atomic E-state index is 12.8. The van der Waals surface area contributed by atoms with Gasteiger partial charge in [-0.25, -0.2) is 4.98 Å². The normalized spacial score (nSPS) is 21.3. The summed E-state index contributed by atoms with van der Waals surface area (Å²) in [7, 11) is 0. The molecule has 2 aliphatic rings. The van der Waals surface area contributed by atoms with Gasteiger partial charge in [-0.15, -0.1) is 0 Å². The summed E-state index contributed by atoms with van der Waals surface area (Å²) in [4.78, 5) is 30.3. The highest BCUT2D eigenvalue weighted by Gasteiger charge is 2.59. The molecule has 1 aliphatic carbocycles. The van der Waals surface area contributed by atoms with Crippen LogP contribution >= 0.6 is 0 Å². The highest BCUT2D eigenvalue weighted by molar-refractivity contribution is 5.95. The molecule has 4 rings (SSSR count). The van der Waals surface area contributed by atoms with E-state index in [1.54, 1.807) is 24.5 Å². The summed E-state index contributed by atoms with van der Waals surface area (Å²) >= 11 is 0. The summed E-state index contributed by atoms with van der Waals surface area (Å²) in [5, 5.41) is 9.17. The third-order valence-corrected chi connectivity index (χ3v) is 5.62. The van der Waals surface area contributed by atoms with Gasteiger partial charge in [-0.1, -0.05) is 0 Å². The van der Waals surface area contributed by atoms with E-state index in [9.17, 15) is 9.59 Å². The molecule has 1 saturated heterocycles. The van der Waals surface area contributed by atoms with Gasteiger partial charge < -0.3 is 14.4 Å². The molecule has 0 bridgehead atoms. The highest BCUT2D eigenvalue weighted by atomic mass is 16.4. The first-order chi connectivity index (χ1) is 12.0. The molecule has 0 aromatic carbocycles. The van der Waals surface area contributed by atoms with Crippen molar-refractivity contribution in [3.8, 4) is 11.5 Å². The molecule has 1 unspecified atom stereocenters. The van der Waals surface area contributed by atoms with Crippen LogP contribution in [0.4, 0.5) is 0 Å². The number of carboxylic acid groups (broad SMARTS) is 1. The number of piperidine rings is 1. The fourth-order valence-corrected chi connectivity index (χ4v) is 3.92. The number of furan rings is 1. The molecule has 6 nitrogen and oxygen atoms in total. The number of nitrogens with zero attached hydrogens (tertiary/aromatic N) is 2. The number of aryl methyl sites for hydroxylation is 1. The van der Waals surface area contributed by atoms with Crippen LogP contribution in [0.15, 0.2) is 34.9 Å². The van der Waals surface area contributed by atoms with Gasteiger partial charge >= 0.3 is 5.97 Å². The summed E-state index contributed by atoms with van der Waals surface area (Å²) in [5.41, 5.74) is 1.91. The van der Waals surface area contributed by atoms with Crippen molar-refractivity contribution < 1.29 is 19.1 Å². The molecule has 1 amide bonds. The van der Waals surface area contributed by atoms with E-state index in [0.29, 0.717) is 35.8 Å². The number of likely N-dealkylation sites (tertiary alicyclic amines) is 1. The number of pyridine rings is 1. The summed E-state index contributed by atoms with van der Waals surface area (Å²) in [6.07, 6.45) is 3.89. The fourth-order valence-electron chi connectivity index (χ4n) is 3.92. The van der Waals surface area contributed by atoms with E-state index in [1.807, 2.05) is 17.9 Å². The van der Waals surface area contributed by atoms with Crippen LogP contribution in [0.1, 0.15) is 35.3 Å². The van der Waals surface area contributed by atoms with E-state index in [2.05, 4.69) is 4.98 Å². The maximum atomic E-state index is 12.8. The summed E-state index contributed by atoms with van der Waals surface area (Å²) < 4.78 is 5.34. The lowest BCUT2D eigenvalue weighted by molar-refractivity contribution is -0.139. The number of aliphatic carboxylic acids is 1. The van der Waals surface area contributed by atoms with Gasteiger partial charge in [0.15, 0.2) is 5.76 Å². The van der Waals surface area contributed by atoms with Crippen molar-refractivity contribution in [1.29, 1.82) is 0 Å². The first-order valence-electron chi connectivity index (χ1n) is 8.54. The number of carbonyl (C=O) groups excluding carboxylic acids is 1. The highest BCUT2D eigenvalue weighted by Crippen LogP contribution is 2.59. The number of amides is 1. The quantitative estimate of drug-likeness (QED) is 0.928. The molecule has 1 atom stereocenters. The van der Waals surface area contributed by atoms with Crippen molar-refractivity contribution in [2.24, 2.45) is 11.3 Å². The minimum Gasteiger partial charge on any atom is -0.481 e. The molecule has 0 radical (unpaired) electrons. The number of rotatable bonds is 3. The lowest BCUT2D eigenvalue weighted by Gasteiger charge is -2.32. The number of carbonyl (C=O) groups is 2. The summed E-state index contributed by atoms with van der Waals surface area (Å²) in [6, 6.07) is 7.23. The van der Waals surface area contributed by atoms with Crippen molar-refractivity contribution in [1.82, 2.24) is 9.88 Å². The molecule has 6 heteroatoms. The van der Waals surface area contributed by atoms with Crippen LogP contribution in [-0.4, -0.2) is 40.0 Å². The molecule has 3 heterocycles. The van der Waals surface area contributed by atoms with Crippen molar-refractivity contribution >= 4 is 11.9 Å². The first kappa shape index (κ1) is 15.9. The number of hydrogen-bond acceptors (Lipinski definition) is 4.